The van der Waals surface area contributed by atoms with Crippen molar-refractivity contribution in [2.24, 2.45) is 5.92 Å². The van der Waals surface area contributed by atoms with E-state index in [0.29, 0.717) is 19.8 Å². The van der Waals surface area contributed by atoms with E-state index in [1.54, 1.807) is 0 Å². The summed E-state index contributed by atoms with van der Waals surface area (Å²) in [6.45, 7) is 3.71. The fraction of sp³-hybridized carbons (Fsp3) is 0.667. The highest BCUT2D eigenvalue weighted by atomic mass is 19.3. The summed E-state index contributed by atoms with van der Waals surface area (Å²) in [4.78, 5) is 22.9. The minimum atomic E-state index is -3.50. The van der Waals surface area contributed by atoms with Crippen molar-refractivity contribution in [1.82, 2.24) is 0 Å². The Morgan fingerprint density at radius 1 is 1.19 bits per heavy atom. The number of carbonyl (C=O) groups excluding carboxylic acids is 2. The van der Waals surface area contributed by atoms with Crippen LogP contribution < -0.4 is 0 Å². The third-order valence-electron chi connectivity index (χ3n) is 2.95. The van der Waals surface area contributed by atoms with Crippen molar-refractivity contribution < 1.29 is 18.4 Å². The Kier molecular flexibility index (Phi) is 3.94. The fourth-order valence-electron chi connectivity index (χ4n) is 1.99. The summed E-state index contributed by atoms with van der Waals surface area (Å²) < 4.78 is 25.5. The molecule has 0 amide bonds. The maximum absolute atomic E-state index is 12.7. The van der Waals surface area contributed by atoms with E-state index in [4.69, 9.17) is 0 Å². The second-order valence-corrected chi connectivity index (χ2v) is 4.40. The normalized spacial score (nSPS) is 18.2. The predicted octanol–water partition coefficient (Wildman–Crippen LogP) is 2.92. The number of Topliss-reactive ketones (excluding diaryl/α,β-unsaturated/α-hetero) is 2. The molecule has 90 valence electrons. The van der Waals surface area contributed by atoms with Gasteiger partial charge in [0.05, 0.1) is 5.57 Å². The van der Waals surface area contributed by atoms with Crippen LogP contribution in [0.1, 0.15) is 39.0 Å². The molecule has 0 aromatic heterocycles. The zero-order valence-corrected chi connectivity index (χ0v) is 9.39. The van der Waals surface area contributed by atoms with Gasteiger partial charge in [0, 0.05) is 12.8 Å². The van der Waals surface area contributed by atoms with Crippen molar-refractivity contribution in [1.29, 1.82) is 0 Å². The number of alkyl halides is 2. The van der Waals surface area contributed by atoms with Crippen molar-refractivity contribution >= 4 is 11.6 Å². The Morgan fingerprint density at radius 3 is 2.12 bits per heavy atom. The van der Waals surface area contributed by atoms with Crippen molar-refractivity contribution in [2.75, 3.05) is 0 Å². The highest BCUT2D eigenvalue weighted by molar-refractivity contribution is 6.22. The van der Waals surface area contributed by atoms with E-state index in [-0.39, 0.29) is 5.92 Å². The SMILES string of the molecule is C=C(C(=O)C1CCCCC1)C(=O)C(C)(F)F. The molecule has 1 aliphatic carbocycles. The van der Waals surface area contributed by atoms with Crippen LogP contribution in [0.25, 0.3) is 0 Å². The molecular weight excluding hydrogens is 214 g/mol. The molecule has 1 aliphatic rings. The summed E-state index contributed by atoms with van der Waals surface area (Å²) in [5.41, 5.74) is -0.542. The number of hydrogen-bond donors (Lipinski definition) is 0. The number of hydrogen-bond acceptors (Lipinski definition) is 2. The van der Waals surface area contributed by atoms with E-state index < -0.39 is 23.1 Å². The molecule has 0 saturated heterocycles. The summed E-state index contributed by atoms with van der Waals surface area (Å²) in [5, 5.41) is 0. The van der Waals surface area contributed by atoms with Crippen LogP contribution in [-0.2, 0) is 9.59 Å². The third-order valence-corrected chi connectivity index (χ3v) is 2.95. The number of rotatable bonds is 4. The van der Waals surface area contributed by atoms with Gasteiger partial charge < -0.3 is 0 Å². The third kappa shape index (κ3) is 2.97. The predicted molar refractivity (Wildman–Crippen MR) is 56.4 cm³/mol. The lowest BCUT2D eigenvalue weighted by Crippen LogP contribution is -2.32. The topological polar surface area (TPSA) is 34.1 Å². The quantitative estimate of drug-likeness (QED) is 0.423. The summed E-state index contributed by atoms with van der Waals surface area (Å²) in [6.07, 6.45) is 4.26. The van der Waals surface area contributed by atoms with Crippen LogP contribution in [-0.4, -0.2) is 17.5 Å². The van der Waals surface area contributed by atoms with Crippen molar-refractivity contribution in [3.8, 4) is 0 Å². The van der Waals surface area contributed by atoms with Crippen LogP contribution in [0.2, 0.25) is 0 Å². The maximum atomic E-state index is 12.7. The van der Waals surface area contributed by atoms with E-state index >= 15 is 0 Å². The first-order valence-electron chi connectivity index (χ1n) is 5.49. The Bertz CT molecular complexity index is 309. The molecule has 4 heteroatoms. The van der Waals surface area contributed by atoms with Gasteiger partial charge in [-0.15, -0.1) is 0 Å². The van der Waals surface area contributed by atoms with Crippen LogP contribution in [0.5, 0.6) is 0 Å². The molecule has 2 nitrogen and oxygen atoms in total. The Morgan fingerprint density at radius 2 is 1.69 bits per heavy atom. The molecule has 1 rings (SSSR count). The molecule has 0 aromatic rings. The van der Waals surface area contributed by atoms with E-state index in [0.717, 1.165) is 19.3 Å². The van der Waals surface area contributed by atoms with Gasteiger partial charge in [-0.1, -0.05) is 25.8 Å². The lowest BCUT2D eigenvalue weighted by Gasteiger charge is -2.21. The number of carbonyl (C=O) groups is 2. The Balaban J connectivity index is 2.67. The minimum absolute atomic E-state index is 0.285. The van der Waals surface area contributed by atoms with Gasteiger partial charge in [0.15, 0.2) is 5.78 Å². The summed E-state index contributed by atoms with van der Waals surface area (Å²) >= 11 is 0. The standard InChI is InChI=1S/C12H16F2O2/c1-8(11(16)12(2,13)14)10(15)9-6-4-3-5-7-9/h9H,1,3-7H2,2H3. The summed E-state index contributed by atoms with van der Waals surface area (Å²) in [7, 11) is 0. The smallest absolute Gasteiger partial charge is 0.294 e. The van der Waals surface area contributed by atoms with E-state index in [1.807, 2.05) is 0 Å². The van der Waals surface area contributed by atoms with Crippen LogP contribution >= 0.6 is 0 Å². The van der Waals surface area contributed by atoms with Crippen LogP contribution in [0.15, 0.2) is 12.2 Å². The van der Waals surface area contributed by atoms with Crippen LogP contribution in [0.4, 0.5) is 8.78 Å². The minimum Gasteiger partial charge on any atom is -0.294 e. The molecule has 1 fully saturated rings. The van der Waals surface area contributed by atoms with Crippen molar-refractivity contribution in [3.05, 3.63) is 12.2 Å². The molecule has 16 heavy (non-hydrogen) atoms. The van der Waals surface area contributed by atoms with Gasteiger partial charge in [-0.3, -0.25) is 9.59 Å². The number of ketones is 2. The summed E-state index contributed by atoms with van der Waals surface area (Å²) in [5.74, 6) is -5.72. The first kappa shape index (κ1) is 13.0. The Hall–Kier alpha value is -1.06. The number of allylic oxidation sites excluding steroid dienone is 1. The fourth-order valence-corrected chi connectivity index (χ4v) is 1.99. The molecule has 0 heterocycles. The maximum Gasteiger partial charge on any atom is 0.307 e. The molecule has 0 aromatic carbocycles. The second kappa shape index (κ2) is 4.85. The van der Waals surface area contributed by atoms with Gasteiger partial charge in [0.1, 0.15) is 0 Å². The van der Waals surface area contributed by atoms with Crippen molar-refractivity contribution in [3.63, 3.8) is 0 Å². The monoisotopic (exact) mass is 230 g/mol. The lowest BCUT2D eigenvalue weighted by atomic mass is 9.83. The van der Waals surface area contributed by atoms with E-state index in [1.165, 1.54) is 0 Å². The highest BCUT2D eigenvalue weighted by Gasteiger charge is 2.38. The zero-order valence-electron chi connectivity index (χ0n) is 9.39. The Labute approximate surface area is 93.7 Å². The molecule has 0 N–H and O–H groups in total. The van der Waals surface area contributed by atoms with Gasteiger partial charge in [-0.2, -0.15) is 8.78 Å². The lowest BCUT2D eigenvalue weighted by molar-refractivity contribution is -0.138. The van der Waals surface area contributed by atoms with Crippen LogP contribution in [0.3, 0.4) is 0 Å². The molecule has 0 unspecified atom stereocenters. The molecule has 1 saturated carbocycles. The summed E-state index contributed by atoms with van der Waals surface area (Å²) in [6, 6.07) is 0. The molecule has 0 aliphatic heterocycles. The largest absolute Gasteiger partial charge is 0.307 e. The first-order valence-corrected chi connectivity index (χ1v) is 5.49. The highest BCUT2D eigenvalue weighted by Crippen LogP contribution is 2.28. The van der Waals surface area contributed by atoms with Gasteiger partial charge >= 0.3 is 5.92 Å². The average Bonchev–Trinajstić information content (AvgIpc) is 2.26. The first-order chi connectivity index (χ1) is 7.34. The molecule has 0 atom stereocenters. The molecule has 0 spiro atoms. The molecule has 0 radical (unpaired) electrons. The van der Waals surface area contributed by atoms with Gasteiger partial charge in [0.25, 0.3) is 0 Å². The van der Waals surface area contributed by atoms with E-state index in [9.17, 15) is 18.4 Å². The van der Waals surface area contributed by atoms with Gasteiger partial charge in [-0.25, -0.2) is 0 Å². The van der Waals surface area contributed by atoms with E-state index in [2.05, 4.69) is 6.58 Å². The van der Waals surface area contributed by atoms with Gasteiger partial charge in [-0.05, 0) is 12.8 Å². The zero-order chi connectivity index (χ0) is 12.3. The molecular formula is C12H16F2O2. The van der Waals surface area contributed by atoms with Gasteiger partial charge in [0.2, 0.25) is 5.78 Å². The van der Waals surface area contributed by atoms with Crippen molar-refractivity contribution in [2.45, 2.75) is 45.0 Å². The second-order valence-electron chi connectivity index (χ2n) is 4.40. The van der Waals surface area contributed by atoms with Crippen LogP contribution in [0, 0.1) is 5.92 Å². The molecule has 0 bridgehead atoms. The average molecular weight is 230 g/mol. The number of halogens is 2.